The minimum Gasteiger partial charge on any atom is -0.385 e. The number of carbonyl (C=O) groups is 1. The molecule has 4 nitrogen and oxygen atoms in total. The quantitative estimate of drug-likeness (QED) is 0.738. The molecular formula is C24H26N2O2. The van der Waals surface area contributed by atoms with Crippen LogP contribution in [0.3, 0.4) is 0 Å². The SMILES string of the molecule is CCC(=O)N1CCC(C(C)(O)c2ccc(-c3ccc4cnccc4c3)cc2)C1. The molecular weight excluding hydrogens is 348 g/mol. The van der Waals surface area contributed by atoms with E-state index in [0.29, 0.717) is 13.0 Å². The van der Waals surface area contributed by atoms with Crippen LogP contribution >= 0.6 is 0 Å². The summed E-state index contributed by atoms with van der Waals surface area (Å²) in [7, 11) is 0. The number of aliphatic hydroxyl groups is 1. The number of hydrogen-bond donors (Lipinski definition) is 1. The van der Waals surface area contributed by atoms with E-state index in [-0.39, 0.29) is 11.8 Å². The van der Waals surface area contributed by atoms with Gasteiger partial charge in [0.1, 0.15) is 0 Å². The van der Waals surface area contributed by atoms with Gasteiger partial charge in [-0.2, -0.15) is 0 Å². The normalized spacial score (nSPS) is 19.0. The van der Waals surface area contributed by atoms with Crippen molar-refractivity contribution >= 4 is 16.7 Å². The topological polar surface area (TPSA) is 53.4 Å². The van der Waals surface area contributed by atoms with Crippen molar-refractivity contribution in [2.75, 3.05) is 13.1 Å². The first-order valence-corrected chi connectivity index (χ1v) is 9.94. The van der Waals surface area contributed by atoms with Crippen molar-refractivity contribution in [2.45, 2.75) is 32.3 Å². The summed E-state index contributed by atoms with van der Waals surface area (Å²) in [6.45, 7) is 5.11. The van der Waals surface area contributed by atoms with Crippen LogP contribution in [0.4, 0.5) is 0 Å². The lowest BCUT2D eigenvalue weighted by Gasteiger charge is -2.31. The van der Waals surface area contributed by atoms with Crippen molar-refractivity contribution in [1.82, 2.24) is 9.88 Å². The number of hydrogen-bond acceptors (Lipinski definition) is 3. The van der Waals surface area contributed by atoms with Crippen LogP contribution < -0.4 is 0 Å². The van der Waals surface area contributed by atoms with Gasteiger partial charge in [0, 0.05) is 43.2 Å². The van der Waals surface area contributed by atoms with Gasteiger partial charge in [0.15, 0.2) is 0 Å². The van der Waals surface area contributed by atoms with E-state index in [1.54, 1.807) is 6.20 Å². The third-order valence-corrected chi connectivity index (χ3v) is 6.08. The van der Waals surface area contributed by atoms with Gasteiger partial charge in [0.2, 0.25) is 5.91 Å². The van der Waals surface area contributed by atoms with Gasteiger partial charge in [-0.25, -0.2) is 0 Å². The molecule has 1 amide bonds. The van der Waals surface area contributed by atoms with Crippen LogP contribution in [0.1, 0.15) is 32.3 Å². The standard InChI is InChI=1S/C24H26N2O2/c1-3-23(27)26-13-11-22(16-26)24(2,28)21-8-6-17(7-9-21)18-4-5-20-15-25-12-10-19(20)14-18/h4-10,12,14-15,22,28H,3,11,13,16H2,1-2H3. The Morgan fingerprint density at radius 1 is 1.14 bits per heavy atom. The predicted octanol–water partition coefficient (Wildman–Crippen LogP) is 4.37. The van der Waals surface area contributed by atoms with Crippen LogP contribution in [0.15, 0.2) is 60.9 Å². The lowest BCUT2D eigenvalue weighted by Crippen LogP contribution is -2.35. The molecule has 2 atom stereocenters. The minimum absolute atomic E-state index is 0.0574. The molecule has 1 aliphatic heterocycles. The van der Waals surface area contributed by atoms with Crippen molar-refractivity contribution in [3.63, 3.8) is 0 Å². The molecule has 1 fully saturated rings. The number of pyridine rings is 1. The number of amides is 1. The molecule has 28 heavy (non-hydrogen) atoms. The molecule has 144 valence electrons. The van der Waals surface area contributed by atoms with E-state index in [1.807, 2.05) is 43.1 Å². The Morgan fingerprint density at radius 3 is 2.64 bits per heavy atom. The smallest absolute Gasteiger partial charge is 0.222 e. The summed E-state index contributed by atoms with van der Waals surface area (Å²) < 4.78 is 0. The lowest BCUT2D eigenvalue weighted by molar-refractivity contribution is -0.130. The number of benzene rings is 2. The zero-order chi connectivity index (χ0) is 19.7. The Morgan fingerprint density at radius 2 is 1.89 bits per heavy atom. The predicted molar refractivity (Wildman–Crippen MR) is 112 cm³/mol. The molecule has 1 aromatic heterocycles. The molecule has 4 rings (SSSR count). The van der Waals surface area contributed by atoms with Crippen molar-refractivity contribution in [3.05, 3.63) is 66.5 Å². The molecule has 1 aliphatic rings. The maximum absolute atomic E-state index is 12.0. The highest BCUT2D eigenvalue weighted by atomic mass is 16.3. The van der Waals surface area contributed by atoms with E-state index < -0.39 is 5.60 Å². The molecule has 0 radical (unpaired) electrons. The summed E-state index contributed by atoms with van der Waals surface area (Å²) in [5.41, 5.74) is 2.21. The van der Waals surface area contributed by atoms with E-state index in [2.05, 4.69) is 35.3 Å². The summed E-state index contributed by atoms with van der Waals surface area (Å²) in [5, 5.41) is 13.5. The second-order valence-corrected chi connectivity index (χ2v) is 7.84. The molecule has 4 heteroatoms. The van der Waals surface area contributed by atoms with Gasteiger partial charge in [-0.05, 0) is 47.6 Å². The van der Waals surface area contributed by atoms with Crippen molar-refractivity contribution in [2.24, 2.45) is 5.92 Å². The van der Waals surface area contributed by atoms with E-state index in [0.717, 1.165) is 40.4 Å². The molecule has 0 aliphatic carbocycles. The fourth-order valence-electron chi connectivity index (χ4n) is 4.17. The summed E-state index contributed by atoms with van der Waals surface area (Å²) in [6.07, 6.45) is 5.03. The van der Waals surface area contributed by atoms with Crippen molar-refractivity contribution < 1.29 is 9.90 Å². The molecule has 2 heterocycles. The van der Waals surface area contributed by atoms with E-state index >= 15 is 0 Å². The third kappa shape index (κ3) is 3.40. The Bertz CT molecular complexity index is 995. The van der Waals surface area contributed by atoms with Gasteiger partial charge in [0.05, 0.1) is 5.60 Å². The van der Waals surface area contributed by atoms with Crippen LogP contribution in [0.5, 0.6) is 0 Å². The lowest BCUT2D eigenvalue weighted by atomic mass is 9.82. The second-order valence-electron chi connectivity index (χ2n) is 7.84. The third-order valence-electron chi connectivity index (χ3n) is 6.08. The highest BCUT2D eigenvalue weighted by molar-refractivity contribution is 5.86. The van der Waals surface area contributed by atoms with Gasteiger partial charge in [0.25, 0.3) is 0 Å². The zero-order valence-corrected chi connectivity index (χ0v) is 16.4. The van der Waals surface area contributed by atoms with Crippen LogP contribution in [0.2, 0.25) is 0 Å². The molecule has 0 saturated carbocycles. The van der Waals surface area contributed by atoms with Crippen molar-refractivity contribution in [3.8, 4) is 11.1 Å². The number of rotatable bonds is 4. The van der Waals surface area contributed by atoms with Gasteiger partial charge < -0.3 is 10.0 Å². The number of carbonyl (C=O) groups excluding carboxylic acids is 1. The van der Waals surface area contributed by atoms with Gasteiger partial charge >= 0.3 is 0 Å². The monoisotopic (exact) mass is 374 g/mol. The van der Waals surface area contributed by atoms with Gasteiger partial charge in [-0.3, -0.25) is 9.78 Å². The Labute approximate surface area is 165 Å². The average molecular weight is 374 g/mol. The molecule has 2 aromatic carbocycles. The highest BCUT2D eigenvalue weighted by Gasteiger charge is 2.39. The highest BCUT2D eigenvalue weighted by Crippen LogP contribution is 2.36. The Hall–Kier alpha value is -2.72. The molecule has 1 saturated heterocycles. The maximum Gasteiger partial charge on any atom is 0.222 e. The minimum atomic E-state index is -0.948. The summed E-state index contributed by atoms with van der Waals surface area (Å²) >= 11 is 0. The molecule has 2 unspecified atom stereocenters. The van der Waals surface area contributed by atoms with Crippen molar-refractivity contribution in [1.29, 1.82) is 0 Å². The molecule has 1 N–H and O–H groups in total. The Balaban J connectivity index is 1.55. The Kier molecular flexibility index (Phi) is 4.90. The fourth-order valence-corrected chi connectivity index (χ4v) is 4.17. The summed E-state index contributed by atoms with van der Waals surface area (Å²) in [4.78, 5) is 18.0. The summed E-state index contributed by atoms with van der Waals surface area (Å²) in [6, 6.07) is 16.5. The van der Waals surface area contributed by atoms with Gasteiger partial charge in [-0.15, -0.1) is 0 Å². The average Bonchev–Trinajstić information content (AvgIpc) is 3.24. The largest absolute Gasteiger partial charge is 0.385 e. The number of aromatic nitrogens is 1. The molecule has 0 bridgehead atoms. The van der Waals surface area contributed by atoms with Crippen LogP contribution in [0.25, 0.3) is 21.9 Å². The first-order chi connectivity index (χ1) is 13.5. The van der Waals surface area contributed by atoms with Crippen LogP contribution in [-0.4, -0.2) is 34.0 Å². The molecule has 0 spiro atoms. The van der Waals surface area contributed by atoms with E-state index in [9.17, 15) is 9.90 Å². The first kappa shape index (κ1) is 18.6. The fraction of sp³-hybridized carbons (Fsp3) is 0.333. The maximum atomic E-state index is 12.0. The second kappa shape index (κ2) is 7.36. The van der Waals surface area contributed by atoms with E-state index in [4.69, 9.17) is 0 Å². The molecule has 3 aromatic rings. The number of likely N-dealkylation sites (tertiary alicyclic amines) is 1. The number of fused-ring (bicyclic) bond motifs is 1. The first-order valence-electron chi connectivity index (χ1n) is 9.94. The summed E-state index contributed by atoms with van der Waals surface area (Å²) in [5.74, 6) is 0.224. The zero-order valence-electron chi connectivity index (χ0n) is 16.4. The van der Waals surface area contributed by atoms with Crippen LogP contribution in [0, 0.1) is 5.92 Å². The number of nitrogens with zero attached hydrogens (tertiary/aromatic N) is 2. The van der Waals surface area contributed by atoms with Crippen LogP contribution in [-0.2, 0) is 10.4 Å². The van der Waals surface area contributed by atoms with E-state index in [1.165, 1.54) is 0 Å². The van der Waals surface area contributed by atoms with Gasteiger partial charge in [-0.1, -0.05) is 43.3 Å².